The van der Waals surface area contributed by atoms with Gasteiger partial charge in [-0.05, 0) is 43.7 Å². The van der Waals surface area contributed by atoms with Crippen molar-refractivity contribution >= 4 is 44.9 Å². The fourth-order valence-corrected chi connectivity index (χ4v) is 2.60. The first-order valence-electron chi connectivity index (χ1n) is 6.44. The number of nitrogens with one attached hydrogen (secondary N) is 1. The molecule has 22 heavy (non-hydrogen) atoms. The smallest absolute Gasteiger partial charge is 0.204 e. The van der Waals surface area contributed by atoms with Crippen molar-refractivity contribution in [3.63, 3.8) is 0 Å². The van der Waals surface area contributed by atoms with Crippen molar-refractivity contribution in [3.8, 4) is 5.75 Å². The van der Waals surface area contributed by atoms with E-state index >= 15 is 0 Å². The van der Waals surface area contributed by atoms with Crippen LogP contribution in [0.4, 0.5) is 5.13 Å². The van der Waals surface area contributed by atoms with Gasteiger partial charge in [0.1, 0.15) is 5.75 Å². The summed E-state index contributed by atoms with van der Waals surface area (Å²) in [5, 5.41) is 4.91. The highest BCUT2D eigenvalue weighted by Gasteiger charge is 2.10. The van der Waals surface area contributed by atoms with Gasteiger partial charge >= 0.3 is 0 Å². The summed E-state index contributed by atoms with van der Waals surface area (Å²) in [6.45, 7) is 5.26. The fraction of sp³-hybridized carbons (Fsp3) is 0.267. The van der Waals surface area contributed by atoms with Crippen molar-refractivity contribution < 1.29 is 9.53 Å². The maximum atomic E-state index is 11.4. The molecule has 2 rings (SSSR count). The Morgan fingerprint density at radius 1 is 1.27 bits per heavy atom. The molecule has 0 radical (unpaired) electrons. The summed E-state index contributed by atoms with van der Waals surface area (Å²) in [7, 11) is 1.63. The van der Waals surface area contributed by atoms with E-state index in [2.05, 4.69) is 15.5 Å². The number of hydrazone groups is 1. The third-order valence-corrected chi connectivity index (χ3v) is 4.11. The second kappa shape index (κ2) is 8.05. The van der Waals surface area contributed by atoms with Crippen LogP contribution in [0.2, 0.25) is 0 Å². The van der Waals surface area contributed by atoms with Gasteiger partial charge in [0.15, 0.2) is 5.78 Å². The van der Waals surface area contributed by atoms with Crippen LogP contribution in [0.5, 0.6) is 5.75 Å². The first kappa shape index (κ1) is 18.3. The molecule has 0 atom stereocenters. The lowest BCUT2D eigenvalue weighted by Gasteiger charge is -2.03. The Morgan fingerprint density at radius 2 is 1.91 bits per heavy atom. The first-order chi connectivity index (χ1) is 10.0. The van der Waals surface area contributed by atoms with Gasteiger partial charge in [-0.15, -0.1) is 17.0 Å². The van der Waals surface area contributed by atoms with Crippen LogP contribution in [0.25, 0.3) is 0 Å². The molecule has 0 aliphatic heterocycles. The Kier molecular flexibility index (Phi) is 6.70. The number of ketones is 1. The molecule has 118 valence electrons. The highest BCUT2D eigenvalue weighted by atomic mass is 79.9. The summed E-state index contributed by atoms with van der Waals surface area (Å²) in [6, 6.07) is 7.65. The number of aromatic nitrogens is 1. The molecule has 0 saturated carbocycles. The number of hydrogen-bond donors (Lipinski definition) is 1. The Hall–Kier alpha value is -1.73. The van der Waals surface area contributed by atoms with Gasteiger partial charge in [0.05, 0.1) is 23.4 Å². The number of carbonyl (C=O) groups excluding carboxylic acids is 1. The molecule has 0 bridgehead atoms. The molecule has 0 saturated heterocycles. The van der Waals surface area contributed by atoms with Crippen molar-refractivity contribution in [2.45, 2.75) is 20.8 Å². The average molecular weight is 384 g/mol. The summed E-state index contributed by atoms with van der Waals surface area (Å²) in [4.78, 5) is 16.3. The summed E-state index contributed by atoms with van der Waals surface area (Å²) in [6.07, 6.45) is 0. The minimum atomic E-state index is 0. The highest BCUT2D eigenvalue weighted by molar-refractivity contribution is 8.93. The van der Waals surface area contributed by atoms with Crippen molar-refractivity contribution in [3.05, 3.63) is 40.4 Å². The lowest BCUT2D eigenvalue weighted by molar-refractivity contribution is 0.102. The number of ether oxygens (including phenoxy) is 1. The fourth-order valence-electron chi connectivity index (χ4n) is 1.80. The molecule has 0 unspecified atom stereocenters. The minimum Gasteiger partial charge on any atom is -0.497 e. The minimum absolute atomic E-state index is 0. The van der Waals surface area contributed by atoms with Crippen molar-refractivity contribution in [2.24, 2.45) is 5.10 Å². The van der Waals surface area contributed by atoms with Crippen molar-refractivity contribution in [2.75, 3.05) is 12.5 Å². The topological polar surface area (TPSA) is 63.6 Å². The van der Waals surface area contributed by atoms with E-state index in [9.17, 15) is 4.79 Å². The monoisotopic (exact) mass is 383 g/mol. The zero-order valence-electron chi connectivity index (χ0n) is 12.8. The molecule has 1 N–H and O–H groups in total. The molecule has 0 spiro atoms. The summed E-state index contributed by atoms with van der Waals surface area (Å²) in [5.41, 5.74) is 5.45. The molecule has 5 nitrogen and oxygen atoms in total. The molecule has 7 heteroatoms. The van der Waals surface area contributed by atoms with Gasteiger partial charge in [0.2, 0.25) is 5.13 Å². The Bertz CT molecular complexity index is 681. The summed E-state index contributed by atoms with van der Waals surface area (Å²) < 4.78 is 5.12. The third kappa shape index (κ3) is 4.38. The Balaban J connectivity index is 0.00000242. The molecule has 0 fully saturated rings. The van der Waals surface area contributed by atoms with Crippen molar-refractivity contribution in [1.82, 2.24) is 4.98 Å². The van der Waals surface area contributed by atoms with E-state index in [0.29, 0.717) is 10.0 Å². The van der Waals surface area contributed by atoms with Gasteiger partial charge in [0, 0.05) is 6.92 Å². The molecule has 1 aromatic heterocycles. The SMILES string of the molecule is Br.COc1ccc(/C(C)=N/Nc2nc(C)c(C(C)=O)s2)cc1. The number of benzene rings is 1. The molecule has 0 aliphatic rings. The van der Waals surface area contributed by atoms with Gasteiger partial charge in [-0.25, -0.2) is 4.98 Å². The number of methoxy groups -OCH3 is 1. The lowest BCUT2D eigenvalue weighted by Crippen LogP contribution is -1.99. The summed E-state index contributed by atoms with van der Waals surface area (Å²) in [5.74, 6) is 0.829. The molecule has 1 heterocycles. The normalized spacial score (nSPS) is 10.8. The number of Topliss-reactive ketones (excluding diaryl/α,β-unsaturated/α-hetero) is 1. The predicted molar refractivity (Wildman–Crippen MR) is 96.0 cm³/mol. The highest BCUT2D eigenvalue weighted by Crippen LogP contribution is 2.23. The average Bonchev–Trinajstić information content (AvgIpc) is 2.86. The second-order valence-electron chi connectivity index (χ2n) is 4.53. The summed E-state index contributed by atoms with van der Waals surface area (Å²) >= 11 is 1.31. The van der Waals surface area contributed by atoms with Crippen LogP contribution in [-0.2, 0) is 0 Å². The third-order valence-electron chi connectivity index (χ3n) is 2.94. The molecule has 0 amide bonds. The zero-order valence-corrected chi connectivity index (χ0v) is 15.4. The number of thiazole rings is 1. The zero-order chi connectivity index (χ0) is 15.4. The van der Waals surface area contributed by atoms with E-state index in [-0.39, 0.29) is 22.8 Å². The molecular weight excluding hydrogens is 366 g/mol. The lowest BCUT2D eigenvalue weighted by atomic mass is 10.1. The van der Waals surface area contributed by atoms with Gasteiger partial charge in [0.25, 0.3) is 0 Å². The molecular formula is C15H18BrN3O2S. The number of carbonyl (C=O) groups is 1. The number of aryl methyl sites for hydroxylation is 1. The quantitative estimate of drug-likeness (QED) is 0.479. The molecule has 2 aromatic rings. The number of hydrogen-bond acceptors (Lipinski definition) is 6. The van der Waals surface area contributed by atoms with Crippen LogP contribution < -0.4 is 10.2 Å². The van der Waals surface area contributed by atoms with E-state index in [0.717, 1.165) is 22.7 Å². The van der Waals surface area contributed by atoms with Crippen LogP contribution in [0, 0.1) is 6.92 Å². The van der Waals surface area contributed by atoms with E-state index in [1.807, 2.05) is 38.1 Å². The van der Waals surface area contributed by atoms with Gasteiger partial charge in [-0.1, -0.05) is 11.3 Å². The second-order valence-corrected chi connectivity index (χ2v) is 5.53. The number of halogens is 1. The maximum absolute atomic E-state index is 11.4. The number of anilines is 1. The van der Waals surface area contributed by atoms with Crippen LogP contribution in [0.15, 0.2) is 29.4 Å². The Morgan fingerprint density at radius 3 is 2.41 bits per heavy atom. The van der Waals surface area contributed by atoms with E-state index in [1.54, 1.807) is 7.11 Å². The van der Waals surface area contributed by atoms with E-state index in [4.69, 9.17) is 4.74 Å². The predicted octanol–water partition coefficient (Wildman–Crippen LogP) is 4.08. The standard InChI is InChI=1S/C15H17N3O2S.BrH/c1-9(12-5-7-13(20-4)8-6-12)17-18-15-16-10(2)14(21-15)11(3)19;/h5-8H,1-4H3,(H,16,18);1H/b17-9+;. The van der Waals surface area contributed by atoms with Gasteiger partial charge in [-0.2, -0.15) is 5.10 Å². The first-order valence-corrected chi connectivity index (χ1v) is 7.26. The van der Waals surface area contributed by atoms with Crippen LogP contribution >= 0.6 is 28.3 Å². The Labute approximate surface area is 144 Å². The number of rotatable bonds is 5. The largest absolute Gasteiger partial charge is 0.497 e. The van der Waals surface area contributed by atoms with Crippen LogP contribution in [-0.4, -0.2) is 23.6 Å². The van der Waals surface area contributed by atoms with Crippen LogP contribution in [0.3, 0.4) is 0 Å². The van der Waals surface area contributed by atoms with Crippen LogP contribution in [0.1, 0.15) is 34.8 Å². The molecule has 0 aliphatic carbocycles. The molecule has 1 aromatic carbocycles. The van der Waals surface area contributed by atoms with Gasteiger partial charge < -0.3 is 4.74 Å². The maximum Gasteiger partial charge on any atom is 0.204 e. The van der Waals surface area contributed by atoms with E-state index < -0.39 is 0 Å². The number of nitrogens with zero attached hydrogens (tertiary/aromatic N) is 2. The van der Waals surface area contributed by atoms with Crippen molar-refractivity contribution in [1.29, 1.82) is 0 Å². The van der Waals surface area contributed by atoms with E-state index in [1.165, 1.54) is 18.3 Å². The van der Waals surface area contributed by atoms with Gasteiger partial charge in [-0.3, -0.25) is 10.2 Å².